The molecule has 0 unspecified atom stereocenters. The Bertz CT molecular complexity index is 582. The number of benzene rings is 1. The quantitative estimate of drug-likeness (QED) is 0.773. The van der Waals surface area contributed by atoms with Gasteiger partial charge in [0.05, 0.1) is 18.2 Å². The Morgan fingerprint density at radius 1 is 1.48 bits per heavy atom. The first-order valence-corrected chi connectivity index (χ1v) is 8.04. The summed E-state index contributed by atoms with van der Waals surface area (Å²) < 4.78 is 0. The van der Waals surface area contributed by atoms with Gasteiger partial charge in [-0.25, -0.2) is 4.79 Å². The molecule has 1 aromatic rings. The zero-order chi connectivity index (χ0) is 16.7. The molecule has 0 radical (unpaired) electrons. The van der Waals surface area contributed by atoms with Gasteiger partial charge in [-0.2, -0.15) is 5.26 Å². The molecule has 0 aliphatic carbocycles. The molecule has 2 amide bonds. The van der Waals surface area contributed by atoms with Gasteiger partial charge in [0.1, 0.15) is 0 Å². The Morgan fingerprint density at radius 3 is 3.04 bits per heavy atom. The number of likely N-dealkylation sites (tertiary alicyclic amines) is 1. The predicted octanol–water partition coefficient (Wildman–Crippen LogP) is 1.83. The fraction of sp³-hybridized carbons (Fsp3) is 0.529. The molecule has 0 aromatic heterocycles. The van der Waals surface area contributed by atoms with E-state index in [1.54, 1.807) is 12.1 Å². The number of amides is 2. The molecule has 23 heavy (non-hydrogen) atoms. The fourth-order valence-corrected chi connectivity index (χ4v) is 2.87. The Labute approximate surface area is 137 Å². The van der Waals surface area contributed by atoms with Crippen molar-refractivity contribution in [2.75, 3.05) is 31.6 Å². The number of carbonyl (C=O) groups excluding carboxylic acids is 1. The smallest absolute Gasteiger partial charge is 0.319 e. The summed E-state index contributed by atoms with van der Waals surface area (Å²) in [6.45, 7) is 4.26. The standard InChI is InChI=1S/C17H24N4O2/c1-13-5-6-15(10-14(13)11-18)20-17(23)19-7-9-21-8-3-2-4-16(21)12-22/h5-6,10,16,22H,2-4,7-9,12H2,1H3,(H2,19,20,23)/t16-/m0/s1. The Hall–Kier alpha value is -2.10. The molecule has 2 rings (SSSR count). The van der Waals surface area contributed by atoms with Crippen molar-refractivity contribution in [3.05, 3.63) is 29.3 Å². The Kier molecular flexibility index (Phi) is 6.39. The third-order valence-electron chi connectivity index (χ3n) is 4.26. The lowest BCUT2D eigenvalue weighted by molar-refractivity contribution is 0.0917. The van der Waals surface area contributed by atoms with E-state index in [0.717, 1.165) is 37.9 Å². The average molecular weight is 316 g/mol. The van der Waals surface area contributed by atoms with Gasteiger partial charge in [0.25, 0.3) is 0 Å². The van der Waals surface area contributed by atoms with E-state index >= 15 is 0 Å². The number of nitrogens with one attached hydrogen (secondary N) is 2. The van der Waals surface area contributed by atoms with Gasteiger partial charge >= 0.3 is 6.03 Å². The normalized spacial score (nSPS) is 18.2. The van der Waals surface area contributed by atoms with E-state index in [2.05, 4.69) is 21.6 Å². The van der Waals surface area contributed by atoms with Crippen LogP contribution in [-0.4, -0.2) is 48.3 Å². The molecule has 0 spiro atoms. The van der Waals surface area contributed by atoms with Crippen molar-refractivity contribution in [1.29, 1.82) is 5.26 Å². The molecule has 1 aliphatic rings. The lowest BCUT2D eigenvalue weighted by atomic mass is 10.0. The van der Waals surface area contributed by atoms with Crippen molar-refractivity contribution in [3.8, 4) is 6.07 Å². The first kappa shape index (κ1) is 17.3. The molecule has 6 heteroatoms. The summed E-state index contributed by atoms with van der Waals surface area (Å²) in [5.41, 5.74) is 2.05. The number of aliphatic hydroxyl groups is 1. The zero-order valence-electron chi connectivity index (χ0n) is 13.5. The van der Waals surface area contributed by atoms with Crippen LogP contribution < -0.4 is 10.6 Å². The third-order valence-corrected chi connectivity index (χ3v) is 4.26. The number of anilines is 1. The highest BCUT2D eigenvalue weighted by atomic mass is 16.3. The molecule has 0 saturated carbocycles. The maximum absolute atomic E-state index is 11.9. The zero-order valence-corrected chi connectivity index (χ0v) is 13.5. The van der Waals surface area contributed by atoms with Crippen molar-refractivity contribution in [3.63, 3.8) is 0 Å². The van der Waals surface area contributed by atoms with Crippen molar-refractivity contribution in [2.24, 2.45) is 0 Å². The van der Waals surface area contributed by atoms with Gasteiger partial charge in [-0.15, -0.1) is 0 Å². The Balaban J connectivity index is 1.78. The summed E-state index contributed by atoms with van der Waals surface area (Å²) in [4.78, 5) is 14.1. The molecular weight excluding hydrogens is 292 g/mol. The van der Waals surface area contributed by atoms with Gasteiger partial charge in [-0.05, 0) is 44.0 Å². The molecule has 1 fully saturated rings. The summed E-state index contributed by atoms with van der Waals surface area (Å²) in [5, 5.41) is 23.9. The number of carbonyl (C=O) groups is 1. The largest absolute Gasteiger partial charge is 0.395 e. The maximum atomic E-state index is 11.9. The molecule has 1 heterocycles. The van der Waals surface area contributed by atoms with Crippen LogP contribution in [0.1, 0.15) is 30.4 Å². The van der Waals surface area contributed by atoms with Crippen LogP contribution in [0.2, 0.25) is 0 Å². The van der Waals surface area contributed by atoms with Gasteiger partial charge in [0.15, 0.2) is 0 Å². The molecule has 1 aliphatic heterocycles. The number of urea groups is 1. The van der Waals surface area contributed by atoms with Crippen LogP contribution in [0.4, 0.5) is 10.5 Å². The van der Waals surface area contributed by atoms with E-state index in [-0.39, 0.29) is 18.7 Å². The highest BCUT2D eigenvalue weighted by Gasteiger charge is 2.20. The van der Waals surface area contributed by atoms with E-state index < -0.39 is 0 Å². The lowest BCUT2D eigenvalue weighted by Gasteiger charge is -2.34. The molecule has 1 saturated heterocycles. The average Bonchev–Trinajstić information content (AvgIpc) is 2.57. The van der Waals surface area contributed by atoms with Crippen LogP contribution in [0.3, 0.4) is 0 Å². The SMILES string of the molecule is Cc1ccc(NC(=O)NCCN2CCCC[C@H]2CO)cc1C#N. The monoisotopic (exact) mass is 316 g/mol. The van der Waals surface area contributed by atoms with Crippen LogP contribution in [-0.2, 0) is 0 Å². The molecule has 0 bridgehead atoms. The second-order valence-electron chi connectivity index (χ2n) is 5.89. The first-order chi connectivity index (χ1) is 11.1. The molecule has 6 nitrogen and oxygen atoms in total. The number of aliphatic hydroxyl groups excluding tert-OH is 1. The summed E-state index contributed by atoms with van der Waals surface area (Å²) in [5.74, 6) is 0. The summed E-state index contributed by atoms with van der Waals surface area (Å²) >= 11 is 0. The minimum Gasteiger partial charge on any atom is -0.395 e. The van der Waals surface area contributed by atoms with Gasteiger partial charge in [0, 0.05) is 24.8 Å². The van der Waals surface area contributed by atoms with Gasteiger partial charge in [0.2, 0.25) is 0 Å². The fourth-order valence-electron chi connectivity index (χ4n) is 2.87. The van der Waals surface area contributed by atoms with Crippen molar-refractivity contribution < 1.29 is 9.90 Å². The number of nitrogens with zero attached hydrogens (tertiary/aromatic N) is 2. The van der Waals surface area contributed by atoms with Crippen LogP contribution in [0.15, 0.2) is 18.2 Å². The Morgan fingerprint density at radius 2 is 2.30 bits per heavy atom. The van der Waals surface area contributed by atoms with Gasteiger partial charge in [-0.1, -0.05) is 12.5 Å². The van der Waals surface area contributed by atoms with E-state index in [1.165, 1.54) is 0 Å². The summed E-state index contributed by atoms with van der Waals surface area (Å²) in [7, 11) is 0. The van der Waals surface area contributed by atoms with Crippen LogP contribution in [0.25, 0.3) is 0 Å². The van der Waals surface area contributed by atoms with Crippen LogP contribution in [0.5, 0.6) is 0 Å². The minimum absolute atomic E-state index is 0.173. The molecule has 1 aromatic carbocycles. The van der Waals surface area contributed by atoms with Crippen molar-refractivity contribution >= 4 is 11.7 Å². The highest BCUT2D eigenvalue weighted by molar-refractivity contribution is 5.89. The number of hydrogen-bond acceptors (Lipinski definition) is 4. The minimum atomic E-state index is -0.282. The number of aryl methyl sites for hydroxylation is 1. The van der Waals surface area contributed by atoms with E-state index in [9.17, 15) is 9.90 Å². The molecule has 124 valence electrons. The maximum Gasteiger partial charge on any atom is 0.319 e. The van der Waals surface area contributed by atoms with Crippen LogP contribution in [0, 0.1) is 18.3 Å². The predicted molar refractivity (Wildman–Crippen MR) is 89.2 cm³/mol. The third kappa shape index (κ3) is 4.95. The number of rotatable bonds is 5. The number of nitriles is 1. The second kappa shape index (κ2) is 8.51. The second-order valence-corrected chi connectivity index (χ2v) is 5.89. The number of hydrogen-bond donors (Lipinski definition) is 3. The molecular formula is C17H24N4O2. The molecule has 1 atom stereocenters. The van der Waals surface area contributed by atoms with E-state index in [0.29, 0.717) is 17.8 Å². The van der Waals surface area contributed by atoms with Gasteiger partial charge < -0.3 is 15.7 Å². The molecule has 3 N–H and O–H groups in total. The summed E-state index contributed by atoms with van der Waals surface area (Å²) in [6.07, 6.45) is 3.32. The van der Waals surface area contributed by atoms with E-state index in [1.807, 2.05) is 13.0 Å². The highest BCUT2D eigenvalue weighted by Crippen LogP contribution is 2.16. The van der Waals surface area contributed by atoms with Gasteiger partial charge in [-0.3, -0.25) is 4.90 Å². The topological polar surface area (TPSA) is 88.4 Å². The van der Waals surface area contributed by atoms with Crippen molar-refractivity contribution in [2.45, 2.75) is 32.2 Å². The summed E-state index contributed by atoms with van der Waals surface area (Å²) in [6, 6.07) is 7.30. The lowest BCUT2D eigenvalue weighted by Crippen LogP contribution is -2.46. The van der Waals surface area contributed by atoms with Crippen molar-refractivity contribution in [1.82, 2.24) is 10.2 Å². The van der Waals surface area contributed by atoms with Crippen LogP contribution >= 0.6 is 0 Å². The van der Waals surface area contributed by atoms with E-state index in [4.69, 9.17) is 5.26 Å². The number of piperidine rings is 1. The first-order valence-electron chi connectivity index (χ1n) is 8.04.